The van der Waals surface area contributed by atoms with Crippen molar-refractivity contribution in [2.45, 2.75) is 32.4 Å². The molecule has 0 saturated heterocycles. The second-order valence-electron chi connectivity index (χ2n) is 7.68. The van der Waals surface area contributed by atoms with E-state index in [4.69, 9.17) is 4.74 Å². The molecule has 1 aliphatic rings. The number of hydrogen-bond donors (Lipinski definition) is 0. The fourth-order valence-corrected chi connectivity index (χ4v) is 3.98. The van der Waals surface area contributed by atoms with E-state index in [9.17, 15) is 14.4 Å². The fourth-order valence-electron chi connectivity index (χ4n) is 3.98. The Balaban J connectivity index is 1.54. The molecule has 0 aromatic heterocycles. The molecule has 0 saturated carbocycles. The lowest BCUT2D eigenvalue weighted by Crippen LogP contribution is -2.43. The van der Waals surface area contributed by atoms with Crippen molar-refractivity contribution in [2.75, 3.05) is 4.90 Å². The van der Waals surface area contributed by atoms with Gasteiger partial charge >= 0.3 is 5.97 Å². The van der Waals surface area contributed by atoms with Crippen molar-refractivity contribution in [1.82, 2.24) is 0 Å². The Bertz CT molecular complexity index is 1140. The molecule has 0 spiro atoms. The third-order valence-electron chi connectivity index (χ3n) is 5.50. The lowest BCUT2D eigenvalue weighted by Gasteiger charge is -2.26. The molecule has 1 aliphatic heterocycles. The highest BCUT2D eigenvalue weighted by atomic mass is 16.5. The first kappa shape index (κ1) is 20.5. The molecule has 0 N–H and O–H groups in total. The van der Waals surface area contributed by atoms with Crippen LogP contribution in [0.1, 0.15) is 45.7 Å². The predicted octanol–water partition coefficient (Wildman–Crippen LogP) is 4.44. The summed E-state index contributed by atoms with van der Waals surface area (Å²) in [6.45, 7) is 3.54. The summed E-state index contributed by atoms with van der Waals surface area (Å²) >= 11 is 0. The van der Waals surface area contributed by atoms with Crippen LogP contribution in [0.5, 0.6) is 0 Å². The fraction of sp³-hybridized carbons (Fsp3) is 0.192. The number of carbonyl (C=O) groups excluding carboxylic acids is 3. The van der Waals surface area contributed by atoms with Crippen molar-refractivity contribution < 1.29 is 19.1 Å². The van der Waals surface area contributed by atoms with Gasteiger partial charge in [0, 0.05) is 22.9 Å². The zero-order chi connectivity index (χ0) is 22.0. The lowest BCUT2D eigenvalue weighted by molar-refractivity contribution is -0.126. The number of carbonyl (C=O) groups is 3. The average Bonchev–Trinajstić information content (AvgIpc) is 3.14. The first-order chi connectivity index (χ1) is 15.0. The minimum atomic E-state index is -0.985. The summed E-state index contributed by atoms with van der Waals surface area (Å²) in [6, 6.07) is 23.0. The molecule has 4 rings (SSSR count). The summed E-state index contributed by atoms with van der Waals surface area (Å²) < 4.78 is 5.52. The summed E-state index contributed by atoms with van der Waals surface area (Å²) in [6.07, 6.45) is -0.224. The van der Waals surface area contributed by atoms with Crippen LogP contribution < -0.4 is 4.90 Å². The number of fused-ring (bicyclic) bond motifs is 1. The number of anilines is 1. The van der Waals surface area contributed by atoms with Crippen molar-refractivity contribution in [2.24, 2.45) is 0 Å². The highest BCUT2D eigenvalue weighted by Gasteiger charge is 2.35. The first-order valence-electron chi connectivity index (χ1n) is 10.3. The molecule has 0 unspecified atom stereocenters. The van der Waals surface area contributed by atoms with Gasteiger partial charge < -0.3 is 9.64 Å². The monoisotopic (exact) mass is 413 g/mol. The lowest BCUT2D eigenvalue weighted by atomic mass is 9.98. The molecule has 5 nitrogen and oxygen atoms in total. The summed E-state index contributed by atoms with van der Waals surface area (Å²) in [5, 5.41) is 0. The molecule has 2 atom stereocenters. The van der Waals surface area contributed by atoms with E-state index in [2.05, 4.69) is 0 Å². The topological polar surface area (TPSA) is 63.7 Å². The highest BCUT2D eigenvalue weighted by Crippen LogP contribution is 2.32. The summed E-state index contributed by atoms with van der Waals surface area (Å²) in [7, 11) is 0. The normalized spacial score (nSPS) is 15.8. The number of ketones is 1. The van der Waals surface area contributed by atoms with Crippen molar-refractivity contribution >= 4 is 23.3 Å². The van der Waals surface area contributed by atoms with Gasteiger partial charge in [0.15, 0.2) is 11.9 Å². The number of ether oxygens (including phenoxy) is 1. The van der Waals surface area contributed by atoms with Crippen molar-refractivity contribution in [3.63, 3.8) is 0 Å². The minimum Gasteiger partial charge on any atom is -0.449 e. The molecule has 3 aromatic rings. The van der Waals surface area contributed by atoms with Crippen molar-refractivity contribution in [1.29, 1.82) is 0 Å². The molecule has 0 radical (unpaired) electrons. The molecule has 5 heteroatoms. The molecule has 1 amide bonds. The van der Waals surface area contributed by atoms with E-state index in [1.165, 1.54) is 0 Å². The number of nitrogens with zero attached hydrogens (tertiary/aromatic N) is 1. The van der Waals surface area contributed by atoms with Crippen LogP contribution in [-0.4, -0.2) is 29.8 Å². The highest BCUT2D eigenvalue weighted by molar-refractivity contribution is 6.14. The maximum absolute atomic E-state index is 13.1. The molecule has 156 valence electrons. The molecule has 0 bridgehead atoms. The van der Waals surface area contributed by atoms with Crippen molar-refractivity contribution in [3.8, 4) is 0 Å². The average molecular weight is 413 g/mol. The van der Waals surface area contributed by atoms with E-state index in [1.807, 2.05) is 37.3 Å². The van der Waals surface area contributed by atoms with Crippen molar-refractivity contribution in [3.05, 3.63) is 101 Å². The van der Waals surface area contributed by atoms with Crippen LogP contribution in [0.3, 0.4) is 0 Å². The number of rotatable bonds is 5. The van der Waals surface area contributed by atoms with Crippen LogP contribution in [-0.2, 0) is 16.0 Å². The van der Waals surface area contributed by atoms with Gasteiger partial charge in [-0.1, -0.05) is 66.7 Å². The maximum Gasteiger partial charge on any atom is 0.339 e. The Hall–Kier alpha value is -3.73. The van der Waals surface area contributed by atoms with Gasteiger partial charge in [0.05, 0.1) is 5.56 Å². The van der Waals surface area contributed by atoms with Gasteiger partial charge in [0.2, 0.25) is 0 Å². The zero-order valence-electron chi connectivity index (χ0n) is 17.4. The largest absolute Gasteiger partial charge is 0.449 e. The first-order valence-corrected chi connectivity index (χ1v) is 10.3. The van der Waals surface area contributed by atoms with Crippen LogP contribution in [0.15, 0.2) is 78.9 Å². The number of esters is 1. The van der Waals surface area contributed by atoms with Gasteiger partial charge in [-0.05, 0) is 38.0 Å². The van der Waals surface area contributed by atoms with Gasteiger partial charge in [-0.2, -0.15) is 0 Å². The second kappa shape index (κ2) is 8.56. The number of hydrogen-bond acceptors (Lipinski definition) is 4. The summed E-state index contributed by atoms with van der Waals surface area (Å²) in [5.74, 6) is -1.24. The van der Waals surface area contributed by atoms with E-state index in [0.717, 1.165) is 17.7 Å². The molecule has 31 heavy (non-hydrogen) atoms. The summed E-state index contributed by atoms with van der Waals surface area (Å²) in [4.78, 5) is 40.6. The van der Waals surface area contributed by atoms with E-state index < -0.39 is 12.1 Å². The molecular formula is C26H23NO4. The Morgan fingerprint density at radius 3 is 2.23 bits per heavy atom. The van der Waals surface area contributed by atoms with E-state index in [1.54, 1.807) is 60.4 Å². The minimum absolute atomic E-state index is 0.0157. The number of benzene rings is 3. The summed E-state index contributed by atoms with van der Waals surface area (Å²) in [5.41, 5.74) is 2.82. The van der Waals surface area contributed by atoms with E-state index in [-0.39, 0.29) is 28.9 Å². The predicted molar refractivity (Wildman–Crippen MR) is 118 cm³/mol. The molecule has 0 aliphatic carbocycles. The van der Waals surface area contributed by atoms with E-state index >= 15 is 0 Å². The van der Waals surface area contributed by atoms with Gasteiger partial charge in [-0.15, -0.1) is 0 Å². The smallest absolute Gasteiger partial charge is 0.339 e. The van der Waals surface area contributed by atoms with Gasteiger partial charge in [0.25, 0.3) is 5.91 Å². The van der Waals surface area contributed by atoms with Crippen LogP contribution in [0, 0.1) is 0 Å². The van der Waals surface area contributed by atoms with Gasteiger partial charge in [0.1, 0.15) is 0 Å². The Kier molecular flexibility index (Phi) is 5.67. The number of amides is 1. The Morgan fingerprint density at radius 2 is 1.48 bits per heavy atom. The van der Waals surface area contributed by atoms with Crippen LogP contribution in [0.2, 0.25) is 0 Å². The van der Waals surface area contributed by atoms with Gasteiger partial charge in [-0.3, -0.25) is 9.59 Å². The Labute approximate surface area is 181 Å². The van der Waals surface area contributed by atoms with Gasteiger partial charge in [-0.25, -0.2) is 4.79 Å². The second-order valence-corrected chi connectivity index (χ2v) is 7.68. The van der Waals surface area contributed by atoms with E-state index in [0.29, 0.717) is 5.56 Å². The van der Waals surface area contributed by atoms with Crippen LogP contribution in [0.25, 0.3) is 0 Å². The molecular weight excluding hydrogens is 390 g/mol. The maximum atomic E-state index is 13.1. The van der Waals surface area contributed by atoms with Crippen LogP contribution in [0.4, 0.5) is 5.69 Å². The zero-order valence-corrected chi connectivity index (χ0v) is 17.4. The third kappa shape index (κ3) is 3.99. The quantitative estimate of drug-likeness (QED) is 0.458. The molecule has 3 aromatic carbocycles. The molecule has 1 heterocycles. The number of para-hydroxylation sites is 1. The Morgan fingerprint density at radius 1 is 0.871 bits per heavy atom. The SMILES string of the molecule is C[C@H](OC(=O)c1ccccc1C(=O)c1ccccc1)C(=O)N1c2ccccc2C[C@@H]1C. The third-order valence-corrected chi connectivity index (χ3v) is 5.50. The molecule has 0 fully saturated rings. The van der Waals surface area contributed by atoms with Crippen LogP contribution >= 0.6 is 0 Å². The standard InChI is InChI=1S/C26H23NO4/c1-17-16-20-12-6-9-15-23(20)27(17)25(29)18(2)31-26(30)22-14-8-7-13-21(22)24(28)19-10-4-3-5-11-19/h3-15,17-18H,16H2,1-2H3/t17-,18-/m0/s1.